The van der Waals surface area contributed by atoms with Crippen molar-refractivity contribution in [1.82, 2.24) is 19.8 Å². The molecule has 0 bridgehead atoms. The molecule has 6 nitrogen and oxygen atoms in total. The molecule has 2 aliphatic heterocycles. The summed E-state index contributed by atoms with van der Waals surface area (Å²) in [5.74, 6) is 0.910. The van der Waals surface area contributed by atoms with E-state index in [2.05, 4.69) is 4.98 Å². The van der Waals surface area contributed by atoms with Crippen LogP contribution in [-0.2, 0) is 17.8 Å². The number of carbonyl (C=O) groups excluding carboxylic acids is 2. The number of carbonyl (C=O) groups is 2. The molecule has 27 heavy (non-hydrogen) atoms. The molecule has 1 fully saturated rings. The van der Waals surface area contributed by atoms with E-state index in [-0.39, 0.29) is 17.9 Å². The Kier molecular flexibility index (Phi) is 4.95. The summed E-state index contributed by atoms with van der Waals surface area (Å²) in [4.78, 5) is 39.8. The van der Waals surface area contributed by atoms with Gasteiger partial charge in [0.05, 0.1) is 16.6 Å². The molecular formula is C20H24N4O2S. The Bertz CT molecular complexity index is 879. The number of rotatable bonds is 2. The van der Waals surface area contributed by atoms with E-state index in [4.69, 9.17) is 4.98 Å². The number of hydrogen-bond donors (Lipinski definition) is 0. The first-order chi connectivity index (χ1) is 13.0. The molecule has 7 heteroatoms. The third-order valence-corrected chi connectivity index (χ3v) is 6.40. The highest BCUT2D eigenvalue weighted by Gasteiger charge is 2.32. The number of aryl methyl sites for hydroxylation is 1. The summed E-state index contributed by atoms with van der Waals surface area (Å²) in [6.45, 7) is 5.64. The Morgan fingerprint density at radius 3 is 2.81 bits per heavy atom. The van der Waals surface area contributed by atoms with Gasteiger partial charge in [-0.1, -0.05) is 0 Å². The minimum absolute atomic E-state index is 0.0650. The predicted octanol–water partition coefficient (Wildman–Crippen LogP) is 3.12. The summed E-state index contributed by atoms with van der Waals surface area (Å²) >= 11 is 1.54. The van der Waals surface area contributed by atoms with E-state index >= 15 is 0 Å². The number of likely N-dealkylation sites (tertiary alicyclic amines) is 1. The number of fused-ring (bicyclic) bond motifs is 1. The van der Waals surface area contributed by atoms with Crippen LogP contribution < -0.4 is 0 Å². The SMILES string of the molecule is CC(=O)N1CCc2nc([C@H]3CCCCN3C(=O)c3ccc(C)s3)ncc2C1. The van der Waals surface area contributed by atoms with Crippen LogP contribution in [0, 0.1) is 6.92 Å². The fourth-order valence-corrected chi connectivity index (χ4v) is 4.72. The van der Waals surface area contributed by atoms with Gasteiger partial charge in [-0.05, 0) is 38.3 Å². The standard InChI is InChI=1S/C20H24N4O2S/c1-13-6-7-18(27-13)20(26)24-9-4-3-5-17(24)19-21-11-15-12-23(14(2)25)10-8-16(15)22-19/h6-7,11,17H,3-5,8-10,12H2,1-2H3/t17-/m1/s1. The van der Waals surface area contributed by atoms with Crippen LogP contribution in [0.15, 0.2) is 18.3 Å². The van der Waals surface area contributed by atoms with Gasteiger partial charge in [0, 0.05) is 49.6 Å². The minimum atomic E-state index is -0.0650. The molecule has 2 aromatic heterocycles. The molecular weight excluding hydrogens is 360 g/mol. The fraction of sp³-hybridized carbons (Fsp3) is 0.500. The van der Waals surface area contributed by atoms with E-state index in [1.807, 2.05) is 35.1 Å². The summed E-state index contributed by atoms with van der Waals surface area (Å²) in [7, 11) is 0. The normalized spacial score (nSPS) is 19.7. The molecule has 0 aliphatic carbocycles. The monoisotopic (exact) mass is 384 g/mol. The zero-order valence-electron chi connectivity index (χ0n) is 15.8. The highest BCUT2D eigenvalue weighted by Crippen LogP contribution is 2.32. The Morgan fingerprint density at radius 1 is 1.22 bits per heavy atom. The van der Waals surface area contributed by atoms with Gasteiger partial charge < -0.3 is 9.80 Å². The van der Waals surface area contributed by atoms with E-state index in [0.717, 1.165) is 59.1 Å². The number of nitrogens with zero attached hydrogens (tertiary/aromatic N) is 4. The molecule has 2 amide bonds. The Hall–Kier alpha value is -2.28. The topological polar surface area (TPSA) is 66.4 Å². The molecule has 4 heterocycles. The largest absolute Gasteiger partial charge is 0.338 e. The zero-order chi connectivity index (χ0) is 19.0. The summed E-state index contributed by atoms with van der Waals surface area (Å²) < 4.78 is 0. The highest BCUT2D eigenvalue weighted by atomic mass is 32.1. The second-order valence-corrected chi connectivity index (χ2v) is 8.60. The number of piperidine rings is 1. The van der Waals surface area contributed by atoms with E-state index in [0.29, 0.717) is 13.1 Å². The molecule has 4 rings (SSSR count). The molecule has 0 unspecified atom stereocenters. The minimum Gasteiger partial charge on any atom is -0.338 e. The van der Waals surface area contributed by atoms with Crippen molar-refractivity contribution >= 4 is 23.2 Å². The van der Waals surface area contributed by atoms with Gasteiger partial charge in [-0.25, -0.2) is 9.97 Å². The third kappa shape index (κ3) is 3.60. The smallest absolute Gasteiger partial charge is 0.264 e. The van der Waals surface area contributed by atoms with Crippen molar-refractivity contribution in [1.29, 1.82) is 0 Å². The molecule has 0 radical (unpaired) electrons. The van der Waals surface area contributed by atoms with Gasteiger partial charge in [-0.2, -0.15) is 0 Å². The second-order valence-electron chi connectivity index (χ2n) is 7.31. The van der Waals surface area contributed by atoms with Crippen molar-refractivity contribution in [2.75, 3.05) is 13.1 Å². The molecule has 0 saturated carbocycles. The first-order valence-corrected chi connectivity index (χ1v) is 10.3. The highest BCUT2D eigenvalue weighted by molar-refractivity contribution is 7.13. The summed E-state index contributed by atoms with van der Waals surface area (Å²) in [5.41, 5.74) is 2.03. The quantitative estimate of drug-likeness (QED) is 0.798. The van der Waals surface area contributed by atoms with Crippen LogP contribution in [0.3, 0.4) is 0 Å². The van der Waals surface area contributed by atoms with Gasteiger partial charge >= 0.3 is 0 Å². The second kappa shape index (κ2) is 7.38. The van der Waals surface area contributed by atoms with E-state index < -0.39 is 0 Å². The predicted molar refractivity (Wildman–Crippen MR) is 104 cm³/mol. The Morgan fingerprint density at radius 2 is 2.07 bits per heavy atom. The molecule has 2 aromatic rings. The van der Waals surface area contributed by atoms with Gasteiger partial charge in [0.15, 0.2) is 5.82 Å². The van der Waals surface area contributed by atoms with Crippen LogP contribution in [0.1, 0.15) is 63.9 Å². The van der Waals surface area contributed by atoms with Crippen LogP contribution in [0.5, 0.6) is 0 Å². The maximum Gasteiger partial charge on any atom is 0.264 e. The Labute approximate surface area is 163 Å². The first kappa shape index (κ1) is 18.1. The Balaban J connectivity index is 1.59. The van der Waals surface area contributed by atoms with Crippen molar-refractivity contribution in [3.8, 4) is 0 Å². The van der Waals surface area contributed by atoms with Crippen molar-refractivity contribution in [2.24, 2.45) is 0 Å². The molecule has 142 valence electrons. The van der Waals surface area contributed by atoms with Crippen molar-refractivity contribution < 1.29 is 9.59 Å². The van der Waals surface area contributed by atoms with Gasteiger partial charge in [0.2, 0.25) is 5.91 Å². The molecule has 0 N–H and O–H groups in total. The maximum atomic E-state index is 13.0. The van der Waals surface area contributed by atoms with Crippen molar-refractivity contribution in [2.45, 2.75) is 52.1 Å². The van der Waals surface area contributed by atoms with Gasteiger partial charge in [0.25, 0.3) is 5.91 Å². The lowest BCUT2D eigenvalue weighted by atomic mass is 10.00. The summed E-state index contributed by atoms with van der Waals surface area (Å²) in [5, 5.41) is 0. The lowest BCUT2D eigenvalue weighted by Gasteiger charge is -2.35. The summed E-state index contributed by atoms with van der Waals surface area (Å²) in [6, 6.07) is 3.84. The van der Waals surface area contributed by atoms with E-state index in [9.17, 15) is 9.59 Å². The average Bonchev–Trinajstić information content (AvgIpc) is 3.13. The summed E-state index contributed by atoms with van der Waals surface area (Å²) in [6.07, 6.45) is 5.59. The lowest BCUT2D eigenvalue weighted by Crippen LogP contribution is -2.39. The maximum absolute atomic E-state index is 13.0. The average molecular weight is 385 g/mol. The van der Waals surface area contributed by atoms with Crippen LogP contribution in [0.2, 0.25) is 0 Å². The zero-order valence-corrected chi connectivity index (χ0v) is 16.6. The molecule has 0 aromatic carbocycles. The van der Waals surface area contributed by atoms with Crippen molar-refractivity contribution in [3.05, 3.63) is 45.2 Å². The molecule has 2 aliphatic rings. The van der Waals surface area contributed by atoms with Gasteiger partial charge in [-0.3, -0.25) is 9.59 Å². The van der Waals surface area contributed by atoms with Crippen molar-refractivity contribution in [3.63, 3.8) is 0 Å². The van der Waals surface area contributed by atoms with Crippen LogP contribution in [0.4, 0.5) is 0 Å². The molecule has 1 saturated heterocycles. The molecule has 1 atom stereocenters. The van der Waals surface area contributed by atoms with Gasteiger partial charge in [-0.15, -0.1) is 11.3 Å². The van der Waals surface area contributed by atoms with E-state index in [1.54, 1.807) is 18.3 Å². The van der Waals surface area contributed by atoms with E-state index in [1.165, 1.54) is 0 Å². The lowest BCUT2D eigenvalue weighted by molar-refractivity contribution is -0.129. The number of aromatic nitrogens is 2. The van der Waals surface area contributed by atoms with Crippen LogP contribution in [0.25, 0.3) is 0 Å². The number of amides is 2. The third-order valence-electron chi connectivity index (χ3n) is 5.41. The fourth-order valence-electron chi connectivity index (χ4n) is 3.89. The van der Waals surface area contributed by atoms with Crippen LogP contribution >= 0.6 is 11.3 Å². The molecule has 0 spiro atoms. The number of thiophene rings is 1. The van der Waals surface area contributed by atoms with Gasteiger partial charge in [0.1, 0.15) is 0 Å². The first-order valence-electron chi connectivity index (χ1n) is 9.50. The number of hydrogen-bond acceptors (Lipinski definition) is 5. The van der Waals surface area contributed by atoms with Crippen LogP contribution in [-0.4, -0.2) is 44.7 Å².